The molecule has 1 atom stereocenters. The Bertz CT molecular complexity index is 843. The van der Waals surface area contributed by atoms with Crippen molar-refractivity contribution in [3.8, 4) is 0 Å². The summed E-state index contributed by atoms with van der Waals surface area (Å²) in [5.74, 6) is -0.00937. The van der Waals surface area contributed by atoms with E-state index in [0.717, 1.165) is 16.9 Å². The minimum atomic E-state index is -0.235. The van der Waals surface area contributed by atoms with Crippen molar-refractivity contribution >= 4 is 16.8 Å². The van der Waals surface area contributed by atoms with Crippen LogP contribution in [0.25, 0.3) is 10.9 Å². The van der Waals surface area contributed by atoms with Crippen LogP contribution in [0.4, 0.5) is 0 Å². The molecule has 0 saturated carbocycles. The van der Waals surface area contributed by atoms with E-state index in [1.54, 1.807) is 13.3 Å². The van der Waals surface area contributed by atoms with Crippen molar-refractivity contribution in [1.82, 2.24) is 14.9 Å². The normalized spacial score (nSPS) is 12.2. The highest BCUT2D eigenvalue weighted by Crippen LogP contribution is 2.19. The zero-order chi connectivity index (χ0) is 17.6. The first-order chi connectivity index (χ1) is 12.2. The molecule has 1 aromatic carbocycles. The Morgan fingerprint density at radius 1 is 1.24 bits per heavy atom. The molecule has 2 heterocycles. The minimum absolute atomic E-state index is 0.00937. The maximum absolute atomic E-state index is 12.4. The van der Waals surface area contributed by atoms with Crippen LogP contribution in [0.1, 0.15) is 23.9 Å². The van der Waals surface area contributed by atoms with Gasteiger partial charge in [-0.05, 0) is 36.6 Å². The lowest BCUT2D eigenvalue weighted by molar-refractivity contribution is -0.122. The second kappa shape index (κ2) is 7.94. The third kappa shape index (κ3) is 4.06. The lowest BCUT2D eigenvalue weighted by Crippen LogP contribution is -2.32. The number of fused-ring (bicyclic) bond motifs is 1. The zero-order valence-corrected chi connectivity index (χ0v) is 14.6. The quantitative estimate of drug-likeness (QED) is 0.720. The van der Waals surface area contributed by atoms with Crippen LogP contribution in [0.15, 0.2) is 54.7 Å². The maximum Gasteiger partial charge on any atom is 0.222 e. The highest BCUT2D eigenvalue weighted by Gasteiger charge is 2.16. The molecule has 130 valence electrons. The molecule has 0 aliphatic rings. The molecule has 0 spiro atoms. The summed E-state index contributed by atoms with van der Waals surface area (Å²) in [6, 6.07) is 15.8. The van der Waals surface area contributed by atoms with Gasteiger partial charge in [0.05, 0.1) is 18.3 Å². The van der Waals surface area contributed by atoms with Gasteiger partial charge >= 0.3 is 0 Å². The number of benzene rings is 1. The molecule has 25 heavy (non-hydrogen) atoms. The van der Waals surface area contributed by atoms with Crippen molar-refractivity contribution in [1.29, 1.82) is 0 Å². The monoisotopic (exact) mass is 337 g/mol. The van der Waals surface area contributed by atoms with Gasteiger partial charge in [-0.3, -0.25) is 9.78 Å². The van der Waals surface area contributed by atoms with Gasteiger partial charge in [0.1, 0.15) is 0 Å². The Morgan fingerprint density at radius 2 is 2.04 bits per heavy atom. The number of amides is 1. The van der Waals surface area contributed by atoms with E-state index in [2.05, 4.69) is 40.0 Å². The first-order valence-electron chi connectivity index (χ1n) is 8.43. The summed E-state index contributed by atoms with van der Waals surface area (Å²) in [4.78, 5) is 16.8. The van der Waals surface area contributed by atoms with Crippen LogP contribution >= 0.6 is 0 Å². The summed E-state index contributed by atoms with van der Waals surface area (Å²) in [5.41, 5.74) is 3.12. The molecule has 3 rings (SSSR count). The van der Waals surface area contributed by atoms with Crippen LogP contribution in [0.2, 0.25) is 0 Å². The van der Waals surface area contributed by atoms with Gasteiger partial charge in [-0.25, -0.2) is 0 Å². The van der Waals surface area contributed by atoms with E-state index in [-0.39, 0.29) is 11.9 Å². The molecule has 0 aliphatic heterocycles. The molecule has 0 aliphatic carbocycles. The van der Waals surface area contributed by atoms with Gasteiger partial charge in [0.25, 0.3) is 0 Å². The third-order valence-corrected chi connectivity index (χ3v) is 4.29. The summed E-state index contributed by atoms with van der Waals surface area (Å²) < 4.78 is 7.41. The van der Waals surface area contributed by atoms with E-state index < -0.39 is 0 Å². The number of nitrogens with zero attached hydrogens (tertiary/aromatic N) is 2. The van der Waals surface area contributed by atoms with Crippen LogP contribution in [0, 0.1) is 6.92 Å². The van der Waals surface area contributed by atoms with E-state index in [0.29, 0.717) is 19.6 Å². The molecule has 1 amide bonds. The third-order valence-electron chi connectivity index (χ3n) is 4.29. The molecule has 5 nitrogen and oxygen atoms in total. The second-order valence-corrected chi connectivity index (χ2v) is 6.08. The number of rotatable bonds is 7. The van der Waals surface area contributed by atoms with Crippen LogP contribution < -0.4 is 5.32 Å². The number of hydrogen-bond acceptors (Lipinski definition) is 3. The minimum Gasteiger partial charge on any atom is -0.382 e. The Balaban J connectivity index is 1.66. The average Bonchev–Trinajstić information content (AvgIpc) is 2.95. The average molecular weight is 337 g/mol. The van der Waals surface area contributed by atoms with Gasteiger partial charge in [0.15, 0.2) is 0 Å². The first kappa shape index (κ1) is 17.2. The van der Waals surface area contributed by atoms with Crippen molar-refractivity contribution in [2.75, 3.05) is 13.7 Å². The topological polar surface area (TPSA) is 56.1 Å². The van der Waals surface area contributed by atoms with Gasteiger partial charge in [-0.2, -0.15) is 0 Å². The summed E-state index contributed by atoms with van der Waals surface area (Å²) in [6.07, 6.45) is 2.13. The highest BCUT2D eigenvalue weighted by atomic mass is 16.5. The van der Waals surface area contributed by atoms with Crippen LogP contribution in [-0.4, -0.2) is 29.2 Å². The van der Waals surface area contributed by atoms with Gasteiger partial charge in [-0.15, -0.1) is 0 Å². The lowest BCUT2D eigenvalue weighted by atomic mass is 10.2. The smallest absolute Gasteiger partial charge is 0.222 e. The lowest BCUT2D eigenvalue weighted by Gasteiger charge is -2.18. The molecule has 0 radical (unpaired) electrons. The summed E-state index contributed by atoms with van der Waals surface area (Å²) in [7, 11) is 1.62. The van der Waals surface area contributed by atoms with E-state index >= 15 is 0 Å². The van der Waals surface area contributed by atoms with Crippen LogP contribution in [0.3, 0.4) is 0 Å². The number of carbonyl (C=O) groups is 1. The predicted octanol–water partition coefficient (Wildman–Crippen LogP) is 3.24. The van der Waals surface area contributed by atoms with Gasteiger partial charge < -0.3 is 14.6 Å². The van der Waals surface area contributed by atoms with Gasteiger partial charge in [0, 0.05) is 37.5 Å². The predicted molar refractivity (Wildman–Crippen MR) is 98.3 cm³/mol. The van der Waals surface area contributed by atoms with Crippen molar-refractivity contribution < 1.29 is 9.53 Å². The largest absolute Gasteiger partial charge is 0.382 e. The maximum atomic E-state index is 12.4. The van der Waals surface area contributed by atoms with E-state index in [4.69, 9.17) is 4.74 Å². The van der Waals surface area contributed by atoms with Gasteiger partial charge in [0.2, 0.25) is 5.91 Å². The number of hydrogen-bond donors (Lipinski definition) is 1. The molecule has 0 fully saturated rings. The molecule has 0 unspecified atom stereocenters. The number of methoxy groups -OCH3 is 1. The number of pyridine rings is 1. The fraction of sp³-hybridized carbons (Fsp3) is 0.300. The summed E-state index contributed by atoms with van der Waals surface area (Å²) in [6.45, 7) is 3.11. The molecule has 0 saturated heterocycles. The molecule has 3 aromatic rings. The Labute approximate surface area is 147 Å². The molecule has 2 aromatic heterocycles. The Hall–Kier alpha value is -2.66. The van der Waals surface area contributed by atoms with Crippen molar-refractivity contribution in [3.05, 3.63) is 66.1 Å². The number of aromatic nitrogens is 2. The van der Waals surface area contributed by atoms with Crippen LogP contribution in [-0.2, 0) is 16.1 Å². The van der Waals surface area contributed by atoms with E-state index in [1.807, 2.05) is 30.3 Å². The van der Waals surface area contributed by atoms with Crippen molar-refractivity contribution in [2.24, 2.45) is 0 Å². The first-order valence-corrected chi connectivity index (χ1v) is 8.43. The Kier molecular flexibility index (Phi) is 5.46. The van der Waals surface area contributed by atoms with E-state index in [9.17, 15) is 4.79 Å². The van der Waals surface area contributed by atoms with Gasteiger partial charge in [-0.1, -0.05) is 24.3 Å². The SMILES string of the molecule is COC[C@@H](NC(=O)CCn1c(C)cc2ccccc21)c1ccccn1. The number of para-hydroxylation sites is 1. The molecular formula is C20H23N3O2. The molecular weight excluding hydrogens is 314 g/mol. The number of nitrogens with one attached hydrogen (secondary N) is 1. The number of ether oxygens (including phenoxy) is 1. The molecule has 1 N–H and O–H groups in total. The summed E-state index contributed by atoms with van der Waals surface area (Å²) >= 11 is 0. The number of aryl methyl sites for hydroxylation is 2. The van der Waals surface area contributed by atoms with Crippen molar-refractivity contribution in [3.63, 3.8) is 0 Å². The number of carbonyl (C=O) groups excluding carboxylic acids is 1. The highest BCUT2D eigenvalue weighted by molar-refractivity contribution is 5.81. The fourth-order valence-corrected chi connectivity index (χ4v) is 3.07. The standard InChI is InChI=1S/C20H23N3O2/c1-15-13-16-7-3-4-9-19(16)23(15)12-10-20(24)22-18(14-25-2)17-8-5-6-11-21-17/h3-9,11,13,18H,10,12,14H2,1-2H3,(H,22,24)/t18-/m1/s1. The van der Waals surface area contributed by atoms with E-state index in [1.165, 1.54) is 5.39 Å². The summed E-state index contributed by atoms with van der Waals surface area (Å²) in [5, 5.41) is 4.22. The molecule has 5 heteroatoms. The Morgan fingerprint density at radius 3 is 2.80 bits per heavy atom. The van der Waals surface area contributed by atoms with Crippen molar-refractivity contribution in [2.45, 2.75) is 25.9 Å². The second-order valence-electron chi connectivity index (χ2n) is 6.08. The zero-order valence-electron chi connectivity index (χ0n) is 14.6. The molecule has 0 bridgehead atoms. The fourth-order valence-electron chi connectivity index (χ4n) is 3.07. The van der Waals surface area contributed by atoms with Crippen LogP contribution in [0.5, 0.6) is 0 Å².